The van der Waals surface area contributed by atoms with Crippen LogP contribution in [0.1, 0.15) is 97.5 Å². The molecule has 5 N–H and O–H groups in total. The van der Waals surface area contributed by atoms with Crippen LogP contribution >= 0.6 is 0 Å². The summed E-state index contributed by atoms with van der Waals surface area (Å²) in [6.07, 6.45) is 6.13. The topological polar surface area (TPSA) is 177 Å². The van der Waals surface area contributed by atoms with Gasteiger partial charge in [0.2, 0.25) is 20.0 Å². The van der Waals surface area contributed by atoms with Crippen LogP contribution in [0, 0.1) is 0 Å². The van der Waals surface area contributed by atoms with Gasteiger partial charge >= 0.3 is 0 Å². The van der Waals surface area contributed by atoms with E-state index in [1.54, 1.807) is 26.0 Å². The smallest absolute Gasteiger partial charge is 0.240 e. The monoisotopic (exact) mass is 996 g/mol. The summed E-state index contributed by atoms with van der Waals surface area (Å²) in [4.78, 5) is 16.2. The molecule has 0 amide bonds. The van der Waals surface area contributed by atoms with Crippen molar-refractivity contribution in [2.75, 3.05) is 9.80 Å². The fraction of sp³-hybridized carbons (Fsp3) is 0.351. The molecule has 14 heteroatoms. The van der Waals surface area contributed by atoms with Crippen LogP contribution in [-0.2, 0) is 51.3 Å². The van der Waals surface area contributed by atoms with Crippen molar-refractivity contribution in [1.29, 1.82) is 0 Å². The molecule has 2 heterocycles. The molecule has 0 saturated heterocycles. The van der Waals surface area contributed by atoms with Gasteiger partial charge in [0.05, 0.1) is 51.8 Å². The van der Waals surface area contributed by atoms with Gasteiger partial charge in [0, 0.05) is 28.3 Å². The number of ketones is 1. The molecule has 0 radical (unpaired) electrons. The van der Waals surface area contributed by atoms with E-state index in [0.717, 1.165) is 74.1 Å². The Bertz CT molecular complexity index is 2990. The first-order valence-electron chi connectivity index (χ1n) is 24.7. The summed E-state index contributed by atoms with van der Waals surface area (Å²) in [5.74, 6) is -0.120. The first-order valence-corrected chi connectivity index (χ1v) is 27.7. The van der Waals surface area contributed by atoms with Crippen LogP contribution in [-0.4, -0.2) is 74.3 Å². The largest absolute Gasteiger partial charge is 0.389 e. The van der Waals surface area contributed by atoms with E-state index >= 15 is 0 Å². The lowest BCUT2D eigenvalue weighted by Gasteiger charge is -2.43. The van der Waals surface area contributed by atoms with Crippen molar-refractivity contribution in [3.63, 3.8) is 0 Å². The van der Waals surface area contributed by atoms with Gasteiger partial charge in [-0.1, -0.05) is 97.1 Å². The number of para-hydroxylation sites is 4. The number of nitrogens with zero attached hydrogens (tertiary/aromatic N) is 2. The summed E-state index contributed by atoms with van der Waals surface area (Å²) in [7, 11) is -7.71. The van der Waals surface area contributed by atoms with Crippen LogP contribution < -0.4 is 19.2 Å². The summed E-state index contributed by atoms with van der Waals surface area (Å²) in [6.45, 7) is 4.76. The molecule has 2 saturated carbocycles. The van der Waals surface area contributed by atoms with E-state index in [4.69, 9.17) is 0 Å². The van der Waals surface area contributed by atoms with Gasteiger partial charge in [-0.2, -0.15) is 0 Å². The Morgan fingerprint density at radius 1 is 0.507 bits per heavy atom. The number of rotatable bonds is 10. The lowest BCUT2D eigenvalue weighted by atomic mass is 9.86. The van der Waals surface area contributed by atoms with Crippen LogP contribution in [0.2, 0.25) is 0 Å². The highest BCUT2D eigenvalue weighted by molar-refractivity contribution is 7.89. The Morgan fingerprint density at radius 3 is 1.15 bits per heavy atom. The average molecular weight is 997 g/mol. The van der Waals surface area contributed by atoms with Crippen molar-refractivity contribution in [1.82, 2.24) is 9.44 Å². The first kappa shape index (κ1) is 50.2. The molecule has 12 nitrogen and oxygen atoms in total. The second-order valence-electron chi connectivity index (χ2n) is 19.9. The zero-order valence-corrected chi connectivity index (χ0v) is 42.1. The number of aryl methyl sites for hydroxylation is 4. The van der Waals surface area contributed by atoms with Crippen LogP contribution in [0.15, 0.2) is 155 Å². The van der Waals surface area contributed by atoms with Gasteiger partial charge in [-0.15, -0.1) is 0 Å². The van der Waals surface area contributed by atoms with Crippen LogP contribution in [0.4, 0.5) is 22.7 Å². The molecule has 4 aliphatic rings. The minimum atomic E-state index is -3.86. The van der Waals surface area contributed by atoms with Crippen molar-refractivity contribution in [3.8, 4) is 0 Å². The Hall–Kier alpha value is -5.71. The van der Waals surface area contributed by atoms with Crippen LogP contribution in [0.5, 0.6) is 0 Å². The maximum atomic E-state index is 13.2. The summed E-state index contributed by atoms with van der Waals surface area (Å²) in [6, 6.07) is 43.6. The lowest BCUT2D eigenvalue weighted by molar-refractivity contribution is 0.0785. The Balaban J connectivity index is 0.000000176. The molecule has 2 aliphatic carbocycles. The zero-order chi connectivity index (χ0) is 50.1. The molecule has 372 valence electrons. The van der Waals surface area contributed by atoms with Gasteiger partial charge in [0.25, 0.3) is 0 Å². The van der Waals surface area contributed by atoms with Crippen molar-refractivity contribution < 1.29 is 36.9 Å². The number of benzene rings is 6. The molecule has 0 unspecified atom stereocenters. The van der Waals surface area contributed by atoms with E-state index in [1.165, 1.54) is 65.6 Å². The molecule has 10 rings (SSSR count). The van der Waals surface area contributed by atoms with Crippen LogP contribution in [0.3, 0.4) is 0 Å². The third-order valence-electron chi connectivity index (χ3n) is 14.7. The number of aliphatic hydroxyl groups excluding tert-OH is 2. The summed E-state index contributed by atoms with van der Waals surface area (Å²) in [5.41, 5.74) is 9.27. The molecule has 6 aromatic carbocycles. The number of fused-ring (bicyclic) bond motifs is 4. The summed E-state index contributed by atoms with van der Waals surface area (Å²) < 4.78 is 58.3. The number of hydrogen-bond acceptors (Lipinski definition) is 10. The van der Waals surface area contributed by atoms with Crippen molar-refractivity contribution >= 4 is 48.6 Å². The van der Waals surface area contributed by atoms with E-state index in [2.05, 4.69) is 67.8 Å². The SMILES string of the molecule is CC(=O)c1ccc(S(=O)(=O)N[C@H]2CCC[C@@H](N3c4ccccc4CCc4ccccc43)[C@@H]2O)cc1.CC(C)(O)c1ccc(S(=O)(=O)N[C@H]2CCC[C@@H](N3c4ccccc4CCc4ccccc43)[C@@H]2O)cc1. The molecule has 6 aromatic rings. The molecular formula is C57H64N4O8S2. The molecule has 0 spiro atoms. The predicted octanol–water partition coefficient (Wildman–Crippen LogP) is 8.80. The lowest BCUT2D eigenvalue weighted by Crippen LogP contribution is -2.55. The van der Waals surface area contributed by atoms with Gasteiger partial charge in [-0.05, 0) is 161 Å². The Kier molecular flexibility index (Phi) is 14.7. The Labute approximate surface area is 418 Å². The number of anilines is 4. The highest BCUT2D eigenvalue weighted by atomic mass is 32.2. The van der Waals surface area contributed by atoms with Gasteiger partial charge < -0.3 is 25.1 Å². The number of nitrogens with one attached hydrogen (secondary N) is 2. The summed E-state index contributed by atoms with van der Waals surface area (Å²) in [5, 5.41) is 33.3. The standard InChI is InChI=1S/C29H34N2O4S.C28H30N2O4S/c1-29(2,33)22-16-18-23(19-17-22)36(34,35)30-24-10-7-13-27(28(24)32)31-25-11-5-3-8-20(25)14-15-21-9-4-6-12-26(21)31;1-19(31)20-15-17-23(18-16-20)35(33,34)29-24-9-6-12-27(28(24)32)30-25-10-4-2-7-21(25)13-14-22-8-3-5-11-26(22)30/h3-6,8-9,11-12,16-19,24,27-28,30,32-33H,7,10,13-15H2,1-2H3;2-5,7-8,10-11,15-18,24,27-29,32H,6,9,12-14H2,1H3/t2*24-,27+,28+/m00/s1. The zero-order valence-electron chi connectivity index (χ0n) is 40.5. The van der Waals surface area contributed by atoms with Crippen LogP contribution in [0.25, 0.3) is 0 Å². The third-order valence-corrected chi connectivity index (χ3v) is 17.7. The third kappa shape index (κ3) is 10.8. The number of hydrogen-bond donors (Lipinski definition) is 5. The van der Waals surface area contributed by atoms with Gasteiger partial charge in [0.15, 0.2) is 5.78 Å². The quantitative estimate of drug-likeness (QED) is 0.0835. The number of aliphatic hydroxyl groups is 3. The van der Waals surface area contributed by atoms with Crippen molar-refractivity contribution in [2.45, 2.75) is 137 Å². The number of carbonyl (C=O) groups excluding carboxylic acids is 1. The first-order chi connectivity index (χ1) is 34.0. The summed E-state index contributed by atoms with van der Waals surface area (Å²) >= 11 is 0. The van der Waals surface area contributed by atoms with E-state index < -0.39 is 49.9 Å². The molecule has 71 heavy (non-hydrogen) atoms. The molecule has 2 fully saturated rings. The van der Waals surface area contributed by atoms with Crippen molar-refractivity contribution in [2.24, 2.45) is 0 Å². The number of Topliss-reactive ketones (excluding diaryl/α,β-unsaturated/α-hetero) is 1. The second-order valence-corrected chi connectivity index (χ2v) is 23.3. The minimum absolute atomic E-state index is 0.0855. The van der Waals surface area contributed by atoms with E-state index in [-0.39, 0.29) is 27.7 Å². The predicted molar refractivity (Wildman–Crippen MR) is 279 cm³/mol. The molecule has 6 atom stereocenters. The van der Waals surface area contributed by atoms with E-state index in [0.29, 0.717) is 24.0 Å². The highest BCUT2D eigenvalue weighted by Crippen LogP contribution is 2.43. The van der Waals surface area contributed by atoms with E-state index in [9.17, 15) is 36.9 Å². The minimum Gasteiger partial charge on any atom is -0.389 e. The number of carbonyl (C=O) groups is 1. The molecule has 0 aromatic heterocycles. The van der Waals surface area contributed by atoms with Gasteiger partial charge in [-0.3, -0.25) is 4.79 Å². The normalized spacial score (nSPS) is 22.3. The van der Waals surface area contributed by atoms with E-state index in [1.807, 2.05) is 48.5 Å². The van der Waals surface area contributed by atoms with Crippen molar-refractivity contribution in [3.05, 3.63) is 179 Å². The average Bonchev–Trinajstić information content (AvgIpc) is 3.64. The Morgan fingerprint density at radius 2 is 0.831 bits per heavy atom. The van der Waals surface area contributed by atoms with Gasteiger partial charge in [0.1, 0.15) is 0 Å². The second kappa shape index (κ2) is 20.8. The maximum Gasteiger partial charge on any atom is 0.240 e. The molecule has 2 aliphatic heterocycles. The number of sulfonamides is 2. The fourth-order valence-corrected chi connectivity index (χ4v) is 13.5. The van der Waals surface area contributed by atoms with Gasteiger partial charge in [-0.25, -0.2) is 26.3 Å². The molecular weight excluding hydrogens is 933 g/mol. The fourth-order valence-electron chi connectivity index (χ4n) is 10.9. The maximum absolute atomic E-state index is 13.2. The highest BCUT2D eigenvalue weighted by Gasteiger charge is 2.42. The molecule has 0 bridgehead atoms.